The van der Waals surface area contributed by atoms with E-state index in [1.165, 1.54) is 16.8 Å². The highest BCUT2D eigenvalue weighted by molar-refractivity contribution is 8.27. The van der Waals surface area contributed by atoms with Crippen LogP contribution in [0.1, 0.15) is 39.3 Å². The minimum atomic E-state index is -4.50. The number of nitrogens with one attached hydrogen (secondary N) is 1. The molecule has 1 saturated heterocycles. The third kappa shape index (κ3) is 15.4. The zero-order valence-corrected chi connectivity index (χ0v) is 20.6. The van der Waals surface area contributed by atoms with Gasteiger partial charge in [0.15, 0.2) is 0 Å². The van der Waals surface area contributed by atoms with Gasteiger partial charge >= 0.3 is 13.3 Å². The quantitative estimate of drug-likeness (QED) is 0.369. The molecule has 2 rings (SSSR count). The van der Waals surface area contributed by atoms with E-state index < -0.39 is 41.2 Å². The number of aromatic amines is 1. The smallest absolute Gasteiger partial charge is 0.344 e. The van der Waals surface area contributed by atoms with Crippen molar-refractivity contribution in [3.05, 3.63) is 33.1 Å². The van der Waals surface area contributed by atoms with Crippen molar-refractivity contribution >= 4 is 18.2 Å². The Kier molecular flexibility index (Phi) is 17.2. The van der Waals surface area contributed by atoms with Crippen LogP contribution in [-0.2, 0) is 18.8 Å². The minimum Gasteiger partial charge on any atom is -0.388 e. The Labute approximate surface area is 184 Å². The van der Waals surface area contributed by atoms with E-state index in [-0.39, 0.29) is 18.3 Å². The summed E-state index contributed by atoms with van der Waals surface area (Å²) in [5.74, 6) is -0.185. The SMILES string of the molecule is CC.COC.COC.O=c1ccn(C2CCC(CCS(O)(O)CP(=O)(O)O)O2)c(=O)[nH]1. The molecule has 186 valence electrons. The van der Waals surface area contributed by atoms with Crippen LogP contribution in [-0.4, -0.2) is 74.2 Å². The summed E-state index contributed by atoms with van der Waals surface area (Å²) in [5.41, 5.74) is -2.06. The summed E-state index contributed by atoms with van der Waals surface area (Å²) in [7, 11) is -1.38. The maximum absolute atomic E-state index is 11.7. The van der Waals surface area contributed by atoms with Gasteiger partial charge in [0, 0.05) is 46.5 Å². The van der Waals surface area contributed by atoms with Gasteiger partial charge in [0.1, 0.15) is 11.7 Å². The maximum Gasteiger partial charge on any atom is 0.344 e. The van der Waals surface area contributed by atoms with Gasteiger partial charge in [-0.25, -0.2) is 4.79 Å². The lowest BCUT2D eigenvalue weighted by Gasteiger charge is -2.32. The second-order valence-electron chi connectivity index (χ2n) is 6.21. The van der Waals surface area contributed by atoms with Crippen molar-refractivity contribution in [3.8, 4) is 0 Å². The van der Waals surface area contributed by atoms with Crippen LogP contribution in [0.3, 0.4) is 0 Å². The molecule has 0 saturated carbocycles. The topological polar surface area (TPSA) is 181 Å². The Bertz CT molecular complexity index is 747. The molecule has 14 heteroatoms. The Hall–Kier alpha value is -1.02. The molecule has 5 N–H and O–H groups in total. The fourth-order valence-electron chi connectivity index (χ4n) is 2.41. The molecule has 1 aliphatic rings. The summed E-state index contributed by atoms with van der Waals surface area (Å²) in [6.07, 6.45) is 1.68. The zero-order chi connectivity index (χ0) is 24.7. The molecule has 0 radical (unpaired) electrons. The largest absolute Gasteiger partial charge is 0.388 e. The second-order valence-corrected chi connectivity index (χ2v) is 10.6. The summed E-state index contributed by atoms with van der Waals surface area (Å²) in [6, 6.07) is 1.20. The molecule has 0 bridgehead atoms. The fourth-order valence-corrected chi connectivity index (χ4v) is 5.72. The van der Waals surface area contributed by atoms with Crippen molar-refractivity contribution in [1.29, 1.82) is 0 Å². The van der Waals surface area contributed by atoms with Crippen molar-refractivity contribution in [2.75, 3.05) is 39.7 Å². The summed E-state index contributed by atoms with van der Waals surface area (Å²) in [6.45, 7) is 4.00. The number of hydrogen-bond donors (Lipinski definition) is 5. The molecule has 0 spiro atoms. The molecule has 2 heterocycles. The molecule has 1 fully saturated rings. The number of H-pyrrole nitrogens is 1. The molecule has 1 aromatic heterocycles. The average Bonchev–Trinajstić information content (AvgIpc) is 3.10. The van der Waals surface area contributed by atoms with Gasteiger partial charge in [-0.05, 0) is 19.3 Å². The summed E-state index contributed by atoms with van der Waals surface area (Å²) in [4.78, 5) is 42.4. The van der Waals surface area contributed by atoms with E-state index in [1.807, 2.05) is 13.8 Å². The number of methoxy groups -OCH3 is 2. The minimum absolute atomic E-state index is 0.185. The van der Waals surface area contributed by atoms with E-state index in [0.29, 0.717) is 12.8 Å². The van der Waals surface area contributed by atoms with Crippen molar-refractivity contribution in [3.63, 3.8) is 0 Å². The molecule has 1 aromatic rings. The lowest BCUT2D eigenvalue weighted by molar-refractivity contribution is -0.00184. The summed E-state index contributed by atoms with van der Waals surface area (Å²) >= 11 is 0. The van der Waals surface area contributed by atoms with Gasteiger partial charge in [0.25, 0.3) is 5.56 Å². The van der Waals surface area contributed by atoms with E-state index >= 15 is 0 Å². The van der Waals surface area contributed by atoms with Crippen LogP contribution >= 0.6 is 18.2 Å². The van der Waals surface area contributed by atoms with E-state index in [1.54, 1.807) is 28.4 Å². The number of nitrogens with zero attached hydrogens (tertiary/aromatic N) is 1. The van der Waals surface area contributed by atoms with Crippen molar-refractivity contribution in [2.45, 2.75) is 45.4 Å². The van der Waals surface area contributed by atoms with Crippen LogP contribution in [0.2, 0.25) is 0 Å². The Morgan fingerprint density at radius 3 is 2.13 bits per heavy atom. The fraction of sp³-hybridized carbons (Fsp3) is 0.765. The Balaban J connectivity index is 0. The number of ether oxygens (including phenoxy) is 3. The highest BCUT2D eigenvalue weighted by Crippen LogP contribution is 2.53. The van der Waals surface area contributed by atoms with E-state index in [4.69, 9.17) is 14.5 Å². The molecule has 31 heavy (non-hydrogen) atoms. The normalized spacial score (nSPS) is 18.5. The van der Waals surface area contributed by atoms with Gasteiger partial charge in [-0.15, -0.1) is 0 Å². The van der Waals surface area contributed by atoms with Crippen LogP contribution in [0, 0.1) is 0 Å². The Morgan fingerprint density at radius 1 is 1.16 bits per heavy atom. The van der Waals surface area contributed by atoms with E-state index in [2.05, 4.69) is 14.5 Å². The molecule has 2 unspecified atom stereocenters. The van der Waals surface area contributed by atoms with Gasteiger partial charge in [-0.1, -0.05) is 13.8 Å². The first-order chi connectivity index (χ1) is 14.4. The average molecular weight is 493 g/mol. The monoisotopic (exact) mass is 492 g/mol. The Morgan fingerprint density at radius 2 is 1.68 bits per heavy atom. The molecule has 12 nitrogen and oxygen atoms in total. The van der Waals surface area contributed by atoms with Crippen LogP contribution in [0.5, 0.6) is 0 Å². The highest BCUT2D eigenvalue weighted by Gasteiger charge is 2.30. The molecular weight excluding hydrogens is 455 g/mol. The summed E-state index contributed by atoms with van der Waals surface area (Å²) < 4.78 is 45.5. The highest BCUT2D eigenvalue weighted by atomic mass is 32.3. The molecule has 0 aliphatic carbocycles. The lowest BCUT2D eigenvalue weighted by Crippen LogP contribution is -2.31. The van der Waals surface area contributed by atoms with Crippen LogP contribution in [0.25, 0.3) is 0 Å². The second kappa shape index (κ2) is 16.6. The molecule has 0 amide bonds. The predicted molar refractivity (Wildman–Crippen MR) is 121 cm³/mol. The van der Waals surface area contributed by atoms with Crippen LogP contribution < -0.4 is 11.2 Å². The first-order valence-corrected chi connectivity index (χ1v) is 13.1. The van der Waals surface area contributed by atoms with Gasteiger partial charge < -0.3 is 24.0 Å². The third-order valence-corrected chi connectivity index (χ3v) is 7.28. The number of hydrogen-bond acceptors (Lipinski definition) is 8. The zero-order valence-electron chi connectivity index (χ0n) is 18.9. The first kappa shape index (κ1) is 32.2. The lowest BCUT2D eigenvalue weighted by atomic mass is 10.2. The van der Waals surface area contributed by atoms with E-state index in [0.717, 1.165) is 0 Å². The first-order valence-electron chi connectivity index (χ1n) is 9.44. The standard InChI is InChI=1S/C11H19N2O8PS.2C2H6O.C2H6/c14-9-3-5-13(11(15)12-9)10-2-1-8(21-10)4-6-23(19,20)7-22(16,17)18;2*1-3-2;1-2/h3,5,8,10,19-20H,1-2,4,6-7H2,(H,12,14,15)(H2,16,17,18);2*1-2H3;1-2H3. The van der Waals surface area contributed by atoms with E-state index in [9.17, 15) is 23.3 Å². The van der Waals surface area contributed by atoms with Crippen molar-refractivity contribution in [1.82, 2.24) is 9.55 Å². The molecule has 2 atom stereocenters. The van der Waals surface area contributed by atoms with Crippen molar-refractivity contribution in [2.24, 2.45) is 0 Å². The number of rotatable bonds is 6. The predicted octanol–water partition coefficient (Wildman–Crippen LogP) is 2.04. The number of aromatic nitrogens is 2. The molecular formula is C17H37N2O10PS. The van der Waals surface area contributed by atoms with Crippen molar-refractivity contribution < 1.29 is 37.7 Å². The maximum atomic E-state index is 11.7. The van der Waals surface area contributed by atoms with Gasteiger partial charge in [0.2, 0.25) is 0 Å². The summed E-state index contributed by atoms with van der Waals surface area (Å²) in [5, 5.41) is 0. The van der Waals surface area contributed by atoms with Crippen LogP contribution in [0.15, 0.2) is 21.9 Å². The molecule has 1 aliphatic heterocycles. The third-order valence-electron chi connectivity index (χ3n) is 3.39. The van der Waals surface area contributed by atoms with Gasteiger partial charge in [-0.2, -0.15) is 10.6 Å². The van der Waals surface area contributed by atoms with Gasteiger partial charge in [-0.3, -0.25) is 28.0 Å². The van der Waals surface area contributed by atoms with Gasteiger partial charge in [0.05, 0.1) is 6.10 Å². The molecule has 0 aromatic carbocycles. The van der Waals surface area contributed by atoms with Crippen LogP contribution in [0.4, 0.5) is 0 Å².